The minimum Gasteiger partial charge on any atom is -0.492 e. The number of methoxy groups -OCH3 is 1. The van der Waals surface area contributed by atoms with Crippen LogP contribution in [0.5, 0.6) is 5.75 Å². The highest BCUT2D eigenvalue weighted by Gasteiger charge is 2.14. The van der Waals surface area contributed by atoms with Crippen molar-refractivity contribution in [1.29, 1.82) is 0 Å². The molecule has 0 bridgehead atoms. The van der Waals surface area contributed by atoms with Gasteiger partial charge >= 0.3 is 5.97 Å². The number of rotatable bonds is 6. The van der Waals surface area contributed by atoms with Crippen molar-refractivity contribution in [2.45, 2.75) is 6.92 Å². The largest absolute Gasteiger partial charge is 0.492 e. The lowest BCUT2D eigenvalue weighted by Crippen LogP contribution is -2.16. The van der Waals surface area contributed by atoms with Crippen molar-refractivity contribution in [3.8, 4) is 5.75 Å². The number of ether oxygens (including phenoxy) is 2. The Labute approximate surface area is 112 Å². The van der Waals surface area contributed by atoms with E-state index >= 15 is 0 Å². The number of hydrogen-bond acceptors (Lipinski definition) is 6. The minimum absolute atomic E-state index is 0.0237. The zero-order valence-electron chi connectivity index (χ0n) is 10.9. The van der Waals surface area contributed by atoms with Crippen LogP contribution in [0.1, 0.15) is 17.3 Å². The van der Waals surface area contributed by atoms with Crippen LogP contribution in [0, 0.1) is 0 Å². The Hall–Kier alpha value is -1.76. The summed E-state index contributed by atoms with van der Waals surface area (Å²) in [6, 6.07) is 4.51. The molecule has 1 aromatic rings. The van der Waals surface area contributed by atoms with Crippen molar-refractivity contribution in [3.63, 3.8) is 0 Å². The fraction of sp³-hybridized carbons (Fsp3) is 0.417. The Bertz CT molecular complexity index is 553. The number of sulfone groups is 1. The lowest BCUT2D eigenvalue weighted by molar-refractivity contribution is 0.0596. The highest BCUT2D eigenvalue weighted by Crippen LogP contribution is 2.22. The molecule has 106 valence electrons. The zero-order valence-corrected chi connectivity index (χ0v) is 11.7. The molecule has 0 heterocycles. The lowest BCUT2D eigenvalue weighted by Gasteiger charge is -2.10. The van der Waals surface area contributed by atoms with Crippen molar-refractivity contribution in [1.82, 2.24) is 0 Å². The molecule has 0 atom stereocenters. The standard InChI is InChI=1S/C12H17NO5S/c1-3-19(15,16)7-6-18-11-5-4-9(13)8-10(11)12(14)17-2/h4-5,8H,3,6-7,13H2,1-2H3. The van der Waals surface area contributed by atoms with Gasteiger partial charge in [-0.1, -0.05) is 6.92 Å². The summed E-state index contributed by atoms with van der Waals surface area (Å²) < 4.78 is 32.6. The average molecular weight is 287 g/mol. The summed E-state index contributed by atoms with van der Waals surface area (Å²) in [5.41, 5.74) is 6.15. The summed E-state index contributed by atoms with van der Waals surface area (Å²) in [6.07, 6.45) is 0. The third kappa shape index (κ3) is 4.44. The predicted octanol–water partition coefficient (Wildman–Crippen LogP) is 0.869. The third-order valence-electron chi connectivity index (χ3n) is 2.50. The smallest absolute Gasteiger partial charge is 0.341 e. The van der Waals surface area contributed by atoms with Gasteiger partial charge in [0.25, 0.3) is 0 Å². The quantitative estimate of drug-likeness (QED) is 0.616. The third-order valence-corrected chi connectivity index (χ3v) is 4.17. The van der Waals surface area contributed by atoms with Gasteiger partial charge in [-0.05, 0) is 18.2 Å². The van der Waals surface area contributed by atoms with Crippen LogP contribution in [0.4, 0.5) is 5.69 Å². The maximum Gasteiger partial charge on any atom is 0.341 e. The normalized spacial score (nSPS) is 11.1. The summed E-state index contributed by atoms with van der Waals surface area (Å²) in [5, 5.41) is 0. The summed E-state index contributed by atoms with van der Waals surface area (Å²) in [5.74, 6) is -0.371. The minimum atomic E-state index is -3.10. The number of nitrogen functional groups attached to an aromatic ring is 1. The summed E-state index contributed by atoms with van der Waals surface area (Å²) in [7, 11) is -1.86. The molecule has 1 rings (SSSR count). The van der Waals surface area contributed by atoms with Crippen molar-refractivity contribution in [2.24, 2.45) is 0 Å². The van der Waals surface area contributed by atoms with Gasteiger partial charge in [0, 0.05) is 11.4 Å². The first-order valence-electron chi connectivity index (χ1n) is 5.70. The van der Waals surface area contributed by atoms with E-state index in [0.717, 1.165) is 0 Å². The van der Waals surface area contributed by atoms with Crippen LogP contribution < -0.4 is 10.5 Å². The van der Waals surface area contributed by atoms with Gasteiger partial charge in [0.15, 0.2) is 9.84 Å². The van der Waals surface area contributed by atoms with Gasteiger partial charge < -0.3 is 15.2 Å². The zero-order chi connectivity index (χ0) is 14.5. The van der Waals surface area contributed by atoms with E-state index in [1.807, 2.05) is 0 Å². The van der Waals surface area contributed by atoms with Gasteiger partial charge in [0.05, 0.1) is 12.9 Å². The first kappa shape index (κ1) is 15.3. The Morgan fingerprint density at radius 1 is 1.37 bits per heavy atom. The second kappa shape index (κ2) is 6.42. The van der Waals surface area contributed by atoms with Crippen molar-refractivity contribution >= 4 is 21.5 Å². The highest BCUT2D eigenvalue weighted by molar-refractivity contribution is 7.91. The Morgan fingerprint density at radius 3 is 2.63 bits per heavy atom. The molecule has 0 unspecified atom stereocenters. The van der Waals surface area contributed by atoms with Crippen LogP contribution >= 0.6 is 0 Å². The van der Waals surface area contributed by atoms with E-state index in [2.05, 4.69) is 4.74 Å². The highest BCUT2D eigenvalue weighted by atomic mass is 32.2. The van der Waals surface area contributed by atoms with Crippen LogP contribution in [0.25, 0.3) is 0 Å². The Balaban J connectivity index is 2.81. The molecule has 0 radical (unpaired) electrons. The van der Waals surface area contributed by atoms with Crippen molar-refractivity contribution in [3.05, 3.63) is 23.8 Å². The van der Waals surface area contributed by atoms with Gasteiger partial charge in [0.1, 0.15) is 17.9 Å². The van der Waals surface area contributed by atoms with Crippen LogP contribution in [-0.2, 0) is 14.6 Å². The molecule has 0 aliphatic rings. The molecule has 0 saturated heterocycles. The Kier molecular flexibility index (Phi) is 5.17. The van der Waals surface area contributed by atoms with E-state index in [1.165, 1.54) is 19.2 Å². The van der Waals surface area contributed by atoms with Crippen LogP contribution in [0.2, 0.25) is 0 Å². The maximum absolute atomic E-state index is 11.5. The second-order valence-electron chi connectivity index (χ2n) is 3.83. The van der Waals surface area contributed by atoms with E-state index in [1.54, 1.807) is 13.0 Å². The van der Waals surface area contributed by atoms with Crippen molar-refractivity contribution in [2.75, 3.05) is 31.0 Å². The number of esters is 1. The molecule has 0 fully saturated rings. The number of carbonyl (C=O) groups excluding carboxylic acids is 1. The fourth-order valence-corrected chi connectivity index (χ4v) is 1.99. The number of carbonyl (C=O) groups is 1. The molecule has 2 N–H and O–H groups in total. The van der Waals surface area contributed by atoms with Gasteiger partial charge in [0.2, 0.25) is 0 Å². The second-order valence-corrected chi connectivity index (χ2v) is 6.30. The average Bonchev–Trinajstić information content (AvgIpc) is 2.39. The lowest BCUT2D eigenvalue weighted by atomic mass is 10.2. The molecular weight excluding hydrogens is 270 g/mol. The molecule has 0 aliphatic heterocycles. The monoisotopic (exact) mass is 287 g/mol. The molecule has 0 spiro atoms. The first-order valence-corrected chi connectivity index (χ1v) is 7.53. The maximum atomic E-state index is 11.5. The molecule has 0 amide bonds. The molecule has 19 heavy (non-hydrogen) atoms. The topological polar surface area (TPSA) is 95.7 Å². The van der Waals surface area contributed by atoms with E-state index in [9.17, 15) is 13.2 Å². The van der Waals surface area contributed by atoms with Crippen LogP contribution in [-0.4, -0.2) is 39.6 Å². The van der Waals surface area contributed by atoms with Gasteiger partial charge in [-0.2, -0.15) is 0 Å². The molecule has 0 aromatic heterocycles. The van der Waals surface area contributed by atoms with E-state index in [0.29, 0.717) is 5.69 Å². The SMILES string of the molecule is CCS(=O)(=O)CCOc1ccc(N)cc1C(=O)OC. The molecule has 7 heteroatoms. The number of hydrogen-bond donors (Lipinski definition) is 1. The number of benzene rings is 1. The first-order chi connectivity index (χ1) is 8.89. The van der Waals surface area contributed by atoms with Gasteiger partial charge in [-0.25, -0.2) is 13.2 Å². The molecule has 6 nitrogen and oxygen atoms in total. The summed E-state index contributed by atoms with van der Waals surface area (Å²) in [4.78, 5) is 11.5. The molecule has 1 aromatic carbocycles. The van der Waals surface area contributed by atoms with Gasteiger partial charge in [-0.15, -0.1) is 0 Å². The van der Waals surface area contributed by atoms with Crippen LogP contribution in [0.15, 0.2) is 18.2 Å². The summed E-state index contributed by atoms with van der Waals surface area (Å²) >= 11 is 0. The van der Waals surface area contributed by atoms with Gasteiger partial charge in [-0.3, -0.25) is 0 Å². The van der Waals surface area contributed by atoms with Crippen molar-refractivity contribution < 1.29 is 22.7 Å². The molecule has 0 aliphatic carbocycles. The van der Waals surface area contributed by atoms with E-state index < -0.39 is 15.8 Å². The number of anilines is 1. The summed E-state index contributed by atoms with van der Waals surface area (Å²) in [6.45, 7) is 1.54. The van der Waals surface area contributed by atoms with E-state index in [4.69, 9.17) is 10.5 Å². The fourth-order valence-electron chi connectivity index (χ4n) is 1.37. The predicted molar refractivity (Wildman–Crippen MR) is 72.0 cm³/mol. The Morgan fingerprint density at radius 2 is 2.05 bits per heavy atom. The molecule has 0 saturated carbocycles. The molecular formula is C12H17NO5S. The van der Waals surface area contributed by atoms with Crippen LogP contribution in [0.3, 0.4) is 0 Å². The van der Waals surface area contributed by atoms with E-state index in [-0.39, 0.29) is 29.4 Å². The number of nitrogens with two attached hydrogens (primary N) is 1.